The Bertz CT molecular complexity index is 1230. The number of aryl methyl sites for hydroxylation is 1. The first kappa shape index (κ1) is 34.3. The summed E-state index contributed by atoms with van der Waals surface area (Å²) in [6.07, 6.45) is -4.44. The van der Waals surface area contributed by atoms with Gasteiger partial charge in [0.2, 0.25) is 0 Å². The molecule has 1 aliphatic rings. The van der Waals surface area contributed by atoms with E-state index in [1.54, 1.807) is 13.8 Å². The lowest BCUT2D eigenvalue weighted by Crippen LogP contribution is -2.54. The number of carbonyl (C=O) groups excluding carboxylic acids is 1. The molecule has 1 aromatic heterocycles. The quantitative estimate of drug-likeness (QED) is 0.363. The summed E-state index contributed by atoms with van der Waals surface area (Å²) in [6.45, 7) is 3.11. The molecule has 3 N–H and O–H groups in total. The van der Waals surface area contributed by atoms with Crippen LogP contribution in [0.1, 0.15) is 61.6 Å². The van der Waals surface area contributed by atoms with E-state index in [0.717, 1.165) is 13.0 Å². The molecule has 1 fully saturated rings. The molecule has 0 saturated heterocycles. The maximum Gasteiger partial charge on any atom is 0.391 e. The number of amides is 1. The molecule has 41 heavy (non-hydrogen) atoms. The molecule has 1 aromatic carbocycles. The van der Waals surface area contributed by atoms with Crippen LogP contribution in [-0.4, -0.2) is 65.4 Å². The molecule has 4 atom stereocenters. The molecule has 0 radical (unpaired) electrons. The summed E-state index contributed by atoms with van der Waals surface area (Å²) >= 11 is -0.750. The Morgan fingerprint density at radius 1 is 1.32 bits per heavy atom. The first-order chi connectivity index (χ1) is 19.1. The molecule has 1 amide bonds. The number of rotatable bonds is 9. The van der Waals surface area contributed by atoms with Crippen LogP contribution < -0.4 is 10.1 Å². The summed E-state index contributed by atoms with van der Waals surface area (Å²) in [4.78, 5) is 13.0. The molecule has 3 rings (SSSR count). The monoisotopic (exact) mass is 611 g/mol. The summed E-state index contributed by atoms with van der Waals surface area (Å²) in [6, 6.07) is 3.94. The van der Waals surface area contributed by atoms with Gasteiger partial charge in [0, 0.05) is 24.2 Å². The standard InChI is InChI=1S/C26H34F5N3O4.O2S/c1-5-34-22(18-7-6-17(11-15(3)26(29,30)31)12-19(18)38-24(27)28)16(4)21(33-34)23(36)32-13-25(37)9-8-14(2)10-20(25)35;1-3-2/h6-7,12,14-15,20,24,35,37H,5,8-11,13H2,1-4H3,(H,32,36);/t14-,15+,20-,25-;/m1./s1. The first-order valence-corrected chi connectivity index (χ1v) is 13.6. The molecule has 2 aromatic rings. The van der Waals surface area contributed by atoms with Gasteiger partial charge >= 0.3 is 24.4 Å². The number of aliphatic hydroxyl groups excluding tert-OH is 1. The van der Waals surface area contributed by atoms with Crippen LogP contribution in [-0.2, 0) is 24.5 Å². The van der Waals surface area contributed by atoms with Crippen molar-refractivity contribution in [3.05, 3.63) is 35.0 Å². The van der Waals surface area contributed by atoms with Gasteiger partial charge in [0.05, 0.1) is 17.7 Å². The largest absolute Gasteiger partial charge is 0.434 e. The predicted molar refractivity (Wildman–Crippen MR) is 139 cm³/mol. The molecule has 1 heterocycles. The Morgan fingerprint density at radius 3 is 2.49 bits per heavy atom. The fourth-order valence-corrected chi connectivity index (χ4v) is 4.79. The third kappa shape index (κ3) is 8.79. The van der Waals surface area contributed by atoms with Crippen LogP contribution in [0.4, 0.5) is 22.0 Å². The number of aliphatic hydroxyl groups is 2. The van der Waals surface area contributed by atoms with Crippen LogP contribution in [0.25, 0.3) is 11.3 Å². The van der Waals surface area contributed by atoms with Crippen molar-refractivity contribution < 1.29 is 50.1 Å². The summed E-state index contributed by atoms with van der Waals surface area (Å²) in [5.74, 6) is -2.39. The van der Waals surface area contributed by atoms with Crippen molar-refractivity contribution in [3.8, 4) is 17.0 Å². The van der Waals surface area contributed by atoms with Crippen molar-refractivity contribution in [1.29, 1.82) is 0 Å². The van der Waals surface area contributed by atoms with Crippen LogP contribution in [0.15, 0.2) is 18.2 Å². The Morgan fingerprint density at radius 2 is 1.95 bits per heavy atom. The number of hydrogen-bond acceptors (Lipinski definition) is 7. The summed E-state index contributed by atoms with van der Waals surface area (Å²) < 4.78 is 88.3. The molecule has 0 aliphatic heterocycles. The number of aromatic nitrogens is 2. The Kier molecular flexibility index (Phi) is 12.0. The molecule has 15 heteroatoms. The van der Waals surface area contributed by atoms with E-state index in [-0.39, 0.29) is 41.6 Å². The van der Waals surface area contributed by atoms with E-state index in [9.17, 15) is 37.0 Å². The van der Waals surface area contributed by atoms with E-state index < -0.39 is 54.3 Å². The number of nitrogens with zero attached hydrogens (tertiary/aromatic N) is 2. The number of ether oxygens (including phenoxy) is 1. The second-order valence-electron chi connectivity index (χ2n) is 10.2. The van der Waals surface area contributed by atoms with Gasteiger partial charge in [-0.25, -0.2) is 0 Å². The molecular formula is C26H34F5N3O6S. The molecular weight excluding hydrogens is 577 g/mol. The molecule has 0 spiro atoms. The van der Waals surface area contributed by atoms with Gasteiger partial charge in [-0.15, -0.1) is 0 Å². The highest BCUT2D eigenvalue weighted by molar-refractivity contribution is 7.51. The van der Waals surface area contributed by atoms with E-state index in [0.29, 0.717) is 30.5 Å². The van der Waals surface area contributed by atoms with Gasteiger partial charge in [-0.1, -0.05) is 19.9 Å². The number of halogens is 5. The summed E-state index contributed by atoms with van der Waals surface area (Å²) in [7, 11) is 0. The number of hydrogen-bond donors (Lipinski definition) is 3. The highest BCUT2D eigenvalue weighted by Crippen LogP contribution is 2.37. The Balaban J connectivity index is 0.00000187. The lowest BCUT2D eigenvalue weighted by molar-refractivity contribution is -0.169. The van der Waals surface area contributed by atoms with E-state index in [1.807, 2.05) is 6.92 Å². The average Bonchev–Trinajstić information content (AvgIpc) is 3.21. The molecule has 1 aliphatic carbocycles. The van der Waals surface area contributed by atoms with Crippen molar-refractivity contribution in [2.24, 2.45) is 11.8 Å². The molecule has 0 unspecified atom stereocenters. The Labute approximate surface area is 237 Å². The van der Waals surface area contributed by atoms with Crippen molar-refractivity contribution in [2.75, 3.05) is 6.54 Å². The average molecular weight is 612 g/mol. The van der Waals surface area contributed by atoms with Crippen LogP contribution in [0.3, 0.4) is 0 Å². The van der Waals surface area contributed by atoms with Crippen LogP contribution in [0.5, 0.6) is 5.75 Å². The van der Waals surface area contributed by atoms with E-state index >= 15 is 0 Å². The molecule has 9 nitrogen and oxygen atoms in total. The van der Waals surface area contributed by atoms with Crippen molar-refractivity contribution in [3.63, 3.8) is 0 Å². The molecule has 1 saturated carbocycles. The van der Waals surface area contributed by atoms with E-state index in [2.05, 4.69) is 15.2 Å². The van der Waals surface area contributed by atoms with Gasteiger partial charge in [-0.3, -0.25) is 9.48 Å². The number of carbonyl (C=O) groups is 1. The lowest BCUT2D eigenvalue weighted by atomic mass is 9.77. The highest BCUT2D eigenvalue weighted by Gasteiger charge is 2.41. The normalized spacial score (nSPS) is 21.6. The lowest BCUT2D eigenvalue weighted by Gasteiger charge is -2.39. The topological polar surface area (TPSA) is 131 Å². The second kappa shape index (κ2) is 14.3. The fraction of sp³-hybridized carbons (Fsp3) is 0.615. The van der Waals surface area contributed by atoms with Gasteiger partial charge in [0.15, 0.2) is 5.69 Å². The Hall–Kier alpha value is -2.91. The minimum atomic E-state index is -4.44. The second-order valence-corrected chi connectivity index (χ2v) is 10.4. The third-order valence-electron chi connectivity index (χ3n) is 7.19. The predicted octanol–water partition coefficient (Wildman–Crippen LogP) is 4.19. The van der Waals surface area contributed by atoms with Crippen molar-refractivity contribution in [1.82, 2.24) is 15.1 Å². The highest BCUT2D eigenvalue weighted by atomic mass is 32.1. The zero-order valence-electron chi connectivity index (χ0n) is 23.0. The molecule has 230 valence electrons. The van der Waals surface area contributed by atoms with Crippen molar-refractivity contribution >= 4 is 17.5 Å². The van der Waals surface area contributed by atoms with Gasteiger partial charge in [-0.2, -0.15) is 35.5 Å². The van der Waals surface area contributed by atoms with E-state index in [1.165, 1.54) is 16.8 Å². The maximum atomic E-state index is 13.3. The van der Waals surface area contributed by atoms with Crippen LogP contribution in [0.2, 0.25) is 0 Å². The minimum absolute atomic E-state index is 0.0121. The number of benzene rings is 1. The maximum absolute atomic E-state index is 13.3. The number of nitrogens with one attached hydrogen (secondary N) is 1. The zero-order chi connectivity index (χ0) is 31.1. The fourth-order valence-electron chi connectivity index (χ4n) is 4.79. The van der Waals surface area contributed by atoms with Crippen LogP contribution in [0, 0.1) is 18.8 Å². The van der Waals surface area contributed by atoms with Gasteiger partial charge in [0.25, 0.3) is 5.91 Å². The van der Waals surface area contributed by atoms with Gasteiger partial charge in [0.1, 0.15) is 11.4 Å². The summed E-state index contributed by atoms with van der Waals surface area (Å²) in [5.41, 5.74) is -0.537. The first-order valence-electron chi connectivity index (χ1n) is 12.9. The van der Waals surface area contributed by atoms with Gasteiger partial charge < -0.3 is 20.3 Å². The molecule has 0 bridgehead atoms. The SMILES string of the molecule is CCn1nc(C(=O)NC[C@]2(O)CC[C@@H](C)C[C@H]2O)c(C)c1-c1ccc(C[C@H](C)C(F)(F)F)cc1OC(F)F.O=S=O. The smallest absolute Gasteiger partial charge is 0.391 e. The summed E-state index contributed by atoms with van der Waals surface area (Å²) in [5, 5.41) is 28.1. The zero-order valence-corrected chi connectivity index (χ0v) is 23.8. The minimum Gasteiger partial charge on any atom is -0.434 e. The third-order valence-corrected chi connectivity index (χ3v) is 7.19. The van der Waals surface area contributed by atoms with E-state index in [4.69, 9.17) is 8.42 Å². The van der Waals surface area contributed by atoms with Crippen LogP contribution >= 0.6 is 0 Å². The number of alkyl halides is 5. The van der Waals surface area contributed by atoms with Gasteiger partial charge in [-0.05, 0) is 63.1 Å². The van der Waals surface area contributed by atoms with Crippen molar-refractivity contribution in [2.45, 2.75) is 84.4 Å².